The summed E-state index contributed by atoms with van der Waals surface area (Å²) < 4.78 is 0. The number of nitrogens with zero attached hydrogens (tertiary/aromatic N) is 1. The molecule has 31 heavy (non-hydrogen) atoms. The van der Waals surface area contributed by atoms with Crippen molar-refractivity contribution >= 4 is 11.8 Å². The van der Waals surface area contributed by atoms with Crippen LogP contribution in [0.3, 0.4) is 0 Å². The number of carbonyl (C=O) groups excluding carboxylic acids is 2. The Morgan fingerprint density at radius 1 is 0.968 bits per heavy atom. The highest BCUT2D eigenvalue weighted by molar-refractivity contribution is 5.88. The number of hydrogen-bond acceptors (Lipinski definition) is 2. The minimum absolute atomic E-state index is 0.00569. The molecule has 1 N–H and O–H groups in total. The van der Waals surface area contributed by atoms with Gasteiger partial charge in [-0.2, -0.15) is 0 Å². The van der Waals surface area contributed by atoms with Crippen LogP contribution in [0.1, 0.15) is 62.1 Å². The van der Waals surface area contributed by atoms with Gasteiger partial charge in [-0.05, 0) is 50.2 Å². The van der Waals surface area contributed by atoms with E-state index in [0.717, 1.165) is 24.8 Å². The van der Waals surface area contributed by atoms with Crippen molar-refractivity contribution in [1.29, 1.82) is 0 Å². The number of benzene rings is 2. The first kappa shape index (κ1) is 23.1. The van der Waals surface area contributed by atoms with Gasteiger partial charge in [-0.1, -0.05) is 79.9 Å². The predicted molar refractivity (Wildman–Crippen MR) is 126 cm³/mol. The van der Waals surface area contributed by atoms with E-state index in [1.165, 1.54) is 24.0 Å². The molecule has 2 aromatic carbocycles. The molecule has 0 radical (unpaired) electrons. The first-order valence-electron chi connectivity index (χ1n) is 11.8. The summed E-state index contributed by atoms with van der Waals surface area (Å²) in [6.45, 7) is 4.63. The fraction of sp³-hybridized carbons (Fsp3) is 0.481. The van der Waals surface area contributed by atoms with Crippen molar-refractivity contribution in [2.75, 3.05) is 6.54 Å². The molecule has 1 saturated carbocycles. The van der Waals surface area contributed by atoms with Gasteiger partial charge in [0.2, 0.25) is 11.8 Å². The van der Waals surface area contributed by atoms with Crippen LogP contribution in [-0.2, 0) is 22.4 Å². The third-order valence-electron chi connectivity index (χ3n) is 6.32. The molecular formula is C27H36N2O2. The van der Waals surface area contributed by atoms with E-state index >= 15 is 0 Å². The van der Waals surface area contributed by atoms with Crippen LogP contribution in [0.25, 0.3) is 0 Å². The molecule has 1 atom stereocenters. The van der Waals surface area contributed by atoms with Crippen LogP contribution < -0.4 is 5.32 Å². The summed E-state index contributed by atoms with van der Waals surface area (Å²) in [7, 11) is 0. The molecule has 2 aromatic rings. The molecule has 0 spiro atoms. The van der Waals surface area contributed by atoms with Crippen molar-refractivity contribution in [3.8, 4) is 0 Å². The molecule has 0 aliphatic heterocycles. The number of aryl methyl sites for hydroxylation is 2. The summed E-state index contributed by atoms with van der Waals surface area (Å²) >= 11 is 0. The van der Waals surface area contributed by atoms with Crippen molar-refractivity contribution < 1.29 is 9.59 Å². The quantitative estimate of drug-likeness (QED) is 0.598. The lowest BCUT2D eigenvalue weighted by Crippen LogP contribution is -2.51. The Kier molecular flexibility index (Phi) is 8.69. The average Bonchev–Trinajstić information content (AvgIpc) is 3.29. The lowest BCUT2D eigenvalue weighted by molar-refractivity contribution is -0.141. The topological polar surface area (TPSA) is 49.4 Å². The average molecular weight is 421 g/mol. The normalized spacial score (nSPS) is 14.9. The van der Waals surface area contributed by atoms with Gasteiger partial charge in [0.05, 0.1) is 0 Å². The summed E-state index contributed by atoms with van der Waals surface area (Å²) in [6.07, 6.45) is 6.95. The number of nitrogens with one attached hydrogen (secondary N) is 1. The zero-order valence-corrected chi connectivity index (χ0v) is 19.0. The fourth-order valence-corrected chi connectivity index (χ4v) is 4.41. The van der Waals surface area contributed by atoms with Crippen LogP contribution in [0, 0.1) is 6.92 Å². The van der Waals surface area contributed by atoms with Crippen LogP contribution in [0.5, 0.6) is 0 Å². The van der Waals surface area contributed by atoms with Crippen molar-refractivity contribution in [3.63, 3.8) is 0 Å². The van der Waals surface area contributed by atoms with Gasteiger partial charge in [-0.15, -0.1) is 0 Å². The molecule has 3 rings (SSSR count). The van der Waals surface area contributed by atoms with Crippen molar-refractivity contribution in [3.05, 3.63) is 71.3 Å². The summed E-state index contributed by atoms with van der Waals surface area (Å²) in [5, 5.41) is 3.21. The standard InChI is InChI=1S/C27H36N2O2/c1-3-25(27(31)28-24-11-7-8-12-24)29(20-19-22-9-5-4-6-10-22)26(30)18-17-23-15-13-21(2)14-16-23/h4-6,9-10,13-16,24-25H,3,7-8,11-12,17-20H2,1-2H3,(H,28,31)/t25-/m0/s1. The van der Waals surface area contributed by atoms with E-state index in [4.69, 9.17) is 0 Å². The molecule has 166 valence electrons. The van der Waals surface area contributed by atoms with Crippen molar-refractivity contribution in [2.45, 2.75) is 77.3 Å². The zero-order chi connectivity index (χ0) is 22.1. The molecule has 0 heterocycles. The minimum atomic E-state index is -0.408. The van der Waals surface area contributed by atoms with Crippen LogP contribution in [0.2, 0.25) is 0 Å². The maximum absolute atomic E-state index is 13.3. The Morgan fingerprint density at radius 3 is 2.26 bits per heavy atom. The van der Waals surface area contributed by atoms with Crippen LogP contribution in [0.15, 0.2) is 54.6 Å². The lowest BCUT2D eigenvalue weighted by atomic mass is 10.0. The van der Waals surface area contributed by atoms with Gasteiger partial charge in [-0.25, -0.2) is 0 Å². The molecule has 1 aliphatic rings. The third-order valence-corrected chi connectivity index (χ3v) is 6.32. The van der Waals surface area contributed by atoms with E-state index in [2.05, 4.69) is 48.6 Å². The second-order valence-electron chi connectivity index (χ2n) is 8.72. The van der Waals surface area contributed by atoms with E-state index in [0.29, 0.717) is 25.8 Å². The van der Waals surface area contributed by atoms with Gasteiger partial charge in [0.1, 0.15) is 6.04 Å². The summed E-state index contributed by atoms with van der Waals surface area (Å²) in [4.78, 5) is 28.2. The highest BCUT2D eigenvalue weighted by atomic mass is 16.2. The van der Waals surface area contributed by atoms with E-state index in [1.807, 2.05) is 30.0 Å². The molecule has 1 fully saturated rings. The highest BCUT2D eigenvalue weighted by Crippen LogP contribution is 2.19. The number of rotatable bonds is 10. The van der Waals surface area contributed by atoms with Gasteiger partial charge in [-0.3, -0.25) is 9.59 Å². The van der Waals surface area contributed by atoms with E-state index in [1.54, 1.807) is 0 Å². The molecule has 0 bridgehead atoms. The third kappa shape index (κ3) is 6.95. The lowest BCUT2D eigenvalue weighted by Gasteiger charge is -2.31. The monoisotopic (exact) mass is 420 g/mol. The fourth-order valence-electron chi connectivity index (χ4n) is 4.41. The molecule has 2 amide bonds. The van der Waals surface area contributed by atoms with E-state index in [-0.39, 0.29) is 17.9 Å². The first-order chi connectivity index (χ1) is 15.1. The maximum Gasteiger partial charge on any atom is 0.243 e. The molecule has 4 nitrogen and oxygen atoms in total. The summed E-state index contributed by atoms with van der Waals surface area (Å²) in [5.74, 6) is 0.0658. The largest absolute Gasteiger partial charge is 0.352 e. The number of carbonyl (C=O) groups is 2. The second kappa shape index (κ2) is 11.7. The van der Waals surface area contributed by atoms with Crippen LogP contribution in [0.4, 0.5) is 0 Å². The van der Waals surface area contributed by atoms with Crippen molar-refractivity contribution in [1.82, 2.24) is 10.2 Å². The zero-order valence-electron chi connectivity index (χ0n) is 19.0. The first-order valence-corrected chi connectivity index (χ1v) is 11.8. The predicted octanol–water partition coefficient (Wildman–Crippen LogP) is 4.84. The Morgan fingerprint density at radius 2 is 1.61 bits per heavy atom. The molecule has 1 aliphatic carbocycles. The summed E-state index contributed by atoms with van der Waals surface area (Å²) in [6, 6.07) is 18.4. The molecular weight excluding hydrogens is 384 g/mol. The van der Waals surface area contributed by atoms with Gasteiger partial charge >= 0.3 is 0 Å². The summed E-state index contributed by atoms with van der Waals surface area (Å²) in [5.41, 5.74) is 3.56. The Balaban J connectivity index is 1.68. The highest BCUT2D eigenvalue weighted by Gasteiger charge is 2.30. The Labute approximate surface area is 187 Å². The van der Waals surface area contributed by atoms with Gasteiger partial charge in [0.15, 0.2) is 0 Å². The van der Waals surface area contributed by atoms with Crippen molar-refractivity contribution in [2.24, 2.45) is 0 Å². The number of amides is 2. The SMILES string of the molecule is CC[C@@H](C(=O)NC1CCCC1)N(CCc1ccccc1)C(=O)CCc1ccc(C)cc1. The Bertz CT molecular complexity index is 826. The second-order valence-corrected chi connectivity index (χ2v) is 8.72. The van der Waals surface area contributed by atoms with Gasteiger partial charge in [0.25, 0.3) is 0 Å². The molecule has 4 heteroatoms. The van der Waals surface area contributed by atoms with Crippen LogP contribution >= 0.6 is 0 Å². The van der Waals surface area contributed by atoms with Crippen LogP contribution in [-0.4, -0.2) is 35.3 Å². The minimum Gasteiger partial charge on any atom is -0.352 e. The maximum atomic E-state index is 13.3. The van der Waals surface area contributed by atoms with Gasteiger partial charge < -0.3 is 10.2 Å². The smallest absolute Gasteiger partial charge is 0.243 e. The van der Waals surface area contributed by atoms with E-state index < -0.39 is 6.04 Å². The van der Waals surface area contributed by atoms with E-state index in [9.17, 15) is 9.59 Å². The molecule has 0 unspecified atom stereocenters. The number of hydrogen-bond donors (Lipinski definition) is 1. The molecule has 0 saturated heterocycles. The molecule has 0 aromatic heterocycles. The van der Waals surface area contributed by atoms with Gasteiger partial charge in [0, 0.05) is 19.0 Å². The Hall–Kier alpha value is -2.62.